The number of likely N-dealkylation sites (tertiary alicyclic amines) is 1. The van der Waals surface area contributed by atoms with Crippen molar-refractivity contribution in [3.8, 4) is 0 Å². The van der Waals surface area contributed by atoms with Gasteiger partial charge in [-0.25, -0.2) is 9.97 Å². The van der Waals surface area contributed by atoms with Crippen LogP contribution in [0.15, 0.2) is 29.3 Å². The van der Waals surface area contributed by atoms with E-state index in [-0.39, 0.29) is 22.9 Å². The van der Waals surface area contributed by atoms with Gasteiger partial charge in [0.25, 0.3) is 15.7 Å². The van der Waals surface area contributed by atoms with Gasteiger partial charge in [-0.3, -0.25) is 18.3 Å². The molecule has 4 heterocycles. The highest BCUT2D eigenvalue weighted by atomic mass is 32.2. The minimum Gasteiger partial charge on any atom is -0.309 e. The smallest absolute Gasteiger partial charge is 0.264 e. The number of aromatic nitrogens is 4. The lowest BCUT2D eigenvalue weighted by Crippen LogP contribution is -2.43. The molecule has 0 spiro atoms. The van der Waals surface area contributed by atoms with Crippen LogP contribution in [-0.4, -0.2) is 70.6 Å². The van der Waals surface area contributed by atoms with Crippen LogP contribution in [0.1, 0.15) is 105 Å². The van der Waals surface area contributed by atoms with Crippen LogP contribution in [0.5, 0.6) is 0 Å². The Labute approximate surface area is 264 Å². The zero-order valence-corrected chi connectivity index (χ0v) is 27.3. The Morgan fingerprint density at radius 2 is 1.69 bits per heavy atom. The Bertz CT molecular complexity index is 1700. The van der Waals surface area contributed by atoms with Gasteiger partial charge in [-0.2, -0.15) is 13.4 Å². The molecule has 45 heavy (non-hydrogen) atoms. The molecule has 6 rings (SSSR count). The maximum absolute atomic E-state index is 13.5. The van der Waals surface area contributed by atoms with E-state index in [1.807, 2.05) is 12.3 Å². The number of nitrogens with one attached hydrogen (secondary N) is 1. The molecule has 0 aromatic carbocycles. The highest BCUT2D eigenvalue weighted by molar-refractivity contribution is 7.85. The highest BCUT2D eigenvalue weighted by Gasteiger charge is 2.30. The minimum atomic E-state index is -3.37. The maximum atomic E-state index is 13.5. The second-order valence-corrected chi connectivity index (χ2v) is 14.8. The second-order valence-electron chi connectivity index (χ2n) is 13.2. The number of hydrogen-bond donors (Lipinski definition) is 1. The molecule has 0 amide bonds. The number of aryl methyl sites for hydroxylation is 1. The lowest BCUT2D eigenvalue weighted by molar-refractivity contribution is 0.0955. The predicted molar refractivity (Wildman–Crippen MR) is 174 cm³/mol. The summed E-state index contributed by atoms with van der Waals surface area (Å²) in [4.78, 5) is 42.5. The van der Waals surface area contributed by atoms with Gasteiger partial charge in [0.15, 0.2) is 5.78 Å². The molecule has 3 aromatic rings. The average Bonchev–Trinajstić information content (AvgIpc) is 3.55. The van der Waals surface area contributed by atoms with Crippen LogP contribution in [0, 0.1) is 12.8 Å². The van der Waals surface area contributed by atoms with Gasteiger partial charge in [0.05, 0.1) is 18.4 Å². The zero-order valence-electron chi connectivity index (χ0n) is 26.5. The molecule has 12 heteroatoms. The van der Waals surface area contributed by atoms with E-state index in [4.69, 9.17) is 9.17 Å². The van der Waals surface area contributed by atoms with E-state index in [9.17, 15) is 18.0 Å². The molecule has 2 saturated carbocycles. The first-order valence-corrected chi connectivity index (χ1v) is 18.1. The van der Waals surface area contributed by atoms with Crippen LogP contribution in [-0.2, 0) is 14.3 Å². The number of rotatable bonds is 9. The SMILES string of the molecule is CC(=O)c1c(C)c2cnc(Nc3ccc(C4CCN(C5CCC(COS(C)(=O)=O)CC5)CC4)cn3)nc2n(C2CCCC2)c1=O. The molecule has 0 unspecified atom stereocenters. The third-order valence-corrected chi connectivity index (χ3v) is 10.7. The highest BCUT2D eigenvalue weighted by Crippen LogP contribution is 2.35. The van der Waals surface area contributed by atoms with E-state index in [1.165, 1.54) is 12.5 Å². The van der Waals surface area contributed by atoms with Gasteiger partial charge >= 0.3 is 0 Å². The van der Waals surface area contributed by atoms with Crippen molar-refractivity contribution in [3.05, 3.63) is 51.6 Å². The van der Waals surface area contributed by atoms with E-state index in [0.29, 0.717) is 47.5 Å². The topological polar surface area (TPSA) is 136 Å². The molecule has 3 fully saturated rings. The fourth-order valence-corrected chi connectivity index (χ4v) is 8.08. The molecule has 0 radical (unpaired) electrons. The predicted octanol–water partition coefficient (Wildman–Crippen LogP) is 5.27. The van der Waals surface area contributed by atoms with Crippen LogP contribution in [0.3, 0.4) is 0 Å². The van der Waals surface area contributed by atoms with E-state index >= 15 is 0 Å². The van der Waals surface area contributed by atoms with Crippen LogP contribution in [0.25, 0.3) is 11.0 Å². The molecular weight excluding hydrogens is 592 g/mol. The molecule has 1 aliphatic heterocycles. The zero-order chi connectivity index (χ0) is 31.7. The number of piperidine rings is 1. The molecule has 1 N–H and O–H groups in total. The first-order valence-electron chi connectivity index (χ1n) is 16.3. The lowest BCUT2D eigenvalue weighted by atomic mass is 9.83. The largest absolute Gasteiger partial charge is 0.309 e. The van der Waals surface area contributed by atoms with Crippen molar-refractivity contribution in [2.24, 2.45) is 5.92 Å². The fraction of sp³-hybridized carbons (Fsp3) is 0.606. The van der Waals surface area contributed by atoms with E-state index in [1.54, 1.807) is 17.7 Å². The number of fused-ring (bicyclic) bond motifs is 1. The number of pyridine rings is 2. The second kappa shape index (κ2) is 13.3. The van der Waals surface area contributed by atoms with Gasteiger partial charge in [0.1, 0.15) is 11.5 Å². The summed E-state index contributed by atoms with van der Waals surface area (Å²) in [6.45, 7) is 5.66. The summed E-state index contributed by atoms with van der Waals surface area (Å²) in [5.41, 5.74) is 2.38. The Kier molecular flexibility index (Phi) is 9.35. The van der Waals surface area contributed by atoms with Gasteiger partial charge in [-0.05, 0) is 107 Å². The number of nitrogens with zero attached hydrogens (tertiary/aromatic N) is 5. The van der Waals surface area contributed by atoms with Crippen LogP contribution < -0.4 is 10.9 Å². The van der Waals surface area contributed by atoms with Crippen molar-refractivity contribution in [3.63, 3.8) is 0 Å². The van der Waals surface area contributed by atoms with Crippen LogP contribution in [0.4, 0.5) is 11.8 Å². The molecule has 3 aromatic heterocycles. The summed E-state index contributed by atoms with van der Waals surface area (Å²) in [6.07, 6.45) is 15.0. The van der Waals surface area contributed by atoms with Crippen molar-refractivity contribution < 1.29 is 17.4 Å². The monoisotopic (exact) mass is 636 g/mol. The van der Waals surface area contributed by atoms with Crippen LogP contribution in [0.2, 0.25) is 0 Å². The summed E-state index contributed by atoms with van der Waals surface area (Å²) in [5, 5.41) is 3.95. The number of ketones is 1. The van der Waals surface area contributed by atoms with Crippen molar-refractivity contribution in [2.45, 2.75) is 96.1 Å². The summed E-state index contributed by atoms with van der Waals surface area (Å²) in [5.74, 6) is 1.56. The summed E-state index contributed by atoms with van der Waals surface area (Å²) in [7, 11) is -3.37. The fourth-order valence-electron chi connectivity index (χ4n) is 7.64. The first kappa shape index (κ1) is 31.7. The van der Waals surface area contributed by atoms with Gasteiger partial charge in [0.2, 0.25) is 5.95 Å². The molecule has 2 aliphatic carbocycles. The van der Waals surface area contributed by atoms with Crippen molar-refractivity contribution in [2.75, 3.05) is 31.3 Å². The standard InChI is InChI=1S/C33H44N6O5S/c1-21-28-19-35-33(37-31(28)39(27-6-4-5-7-27)32(41)30(21)22(2)40)36-29-13-10-25(18-34-29)24-14-16-38(17-15-24)26-11-8-23(9-12-26)20-44-45(3,42)43/h10,13,18-19,23-24,26-27H,4-9,11-12,14-17,20H2,1-3H3,(H,34,35,36,37). The van der Waals surface area contributed by atoms with Gasteiger partial charge in [-0.1, -0.05) is 18.9 Å². The maximum Gasteiger partial charge on any atom is 0.264 e. The Morgan fingerprint density at radius 3 is 2.31 bits per heavy atom. The van der Waals surface area contributed by atoms with Crippen molar-refractivity contribution >= 4 is 38.7 Å². The van der Waals surface area contributed by atoms with E-state index in [0.717, 1.165) is 88.9 Å². The Balaban J connectivity index is 1.09. The first-order chi connectivity index (χ1) is 21.6. The minimum absolute atomic E-state index is 0.0295. The third-order valence-electron chi connectivity index (χ3n) is 10.1. The summed E-state index contributed by atoms with van der Waals surface area (Å²) in [6, 6.07) is 4.68. The number of hydrogen-bond acceptors (Lipinski definition) is 10. The lowest BCUT2D eigenvalue weighted by Gasteiger charge is -2.40. The van der Waals surface area contributed by atoms with Gasteiger partial charge in [-0.15, -0.1) is 0 Å². The quantitative estimate of drug-likeness (QED) is 0.244. The molecule has 0 bridgehead atoms. The van der Waals surface area contributed by atoms with E-state index < -0.39 is 10.1 Å². The Hall–Kier alpha value is -3.22. The Morgan fingerprint density at radius 1 is 0.978 bits per heavy atom. The molecule has 11 nitrogen and oxygen atoms in total. The average molecular weight is 637 g/mol. The molecule has 242 valence electrons. The van der Waals surface area contributed by atoms with E-state index in [2.05, 4.69) is 26.3 Å². The summed E-state index contributed by atoms with van der Waals surface area (Å²) < 4.78 is 29.4. The number of anilines is 2. The van der Waals surface area contributed by atoms with Crippen molar-refractivity contribution in [1.29, 1.82) is 0 Å². The normalized spacial score (nSPS) is 22.2. The summed E-state index contributed by atoms with van der Waals surface area (Å²) >= 11 is 0. The molecular formula is C33H44N6O5S. The molecule has 0 atom stereocenters. The number of carbonyl (C=O) groups excluding carboxylic acids is 1. The van der Waals surface area contributed by atoms with Gasteiger partial charge < -0.3 is 10.2 Å². The van der Waals surface area contributed by atoms with Gasteiger partial charge in [0, 0.05) is 29.9 Å². The third kappa shape index (κ3) is 7.12. The van der Waals surface area contributed by atoms with Crippen molar-refractivity contribution in [1.82, 2.24) is 24.4 Å². The number of Topliss-reactive ketones (excluding diaryl/α,β-unsaturated/α-hetero) is 1. The molecule has 1 saturated heterocycles. The van der Waals surface area contributed by atoms with Crippen LogP contribution >= 0.6 is 0 Å². The number of carbonyl (C=O) groups is 1. The molecule has 3 aliphatic rings.